The highest BCUT2D eigenvalue weighted by atomic mass is 16.5. The highest BCUT2D eigenvalue weighted by molar-refractivity contribution is 6.34. The number of methoxy groups -OCH3 is 1. The van der Waals surface area contributed by atoms with Gasteiger partial charge in [0.25, 0.3) is 11.8 Å². The van der Waals surface area contributed by atoms with Crippen molar-refractivity contribution in [1.82, 2.24) is 0 Å². The van der Waals surface area contributed by atoms with E-state index in [4.69, 9.17) is 0 Å². The van der Waals surface area contributed by atoms with Crippen molar-refractivity contribution in [2.75, 3.05) is 12.0 Å². The van der Waals surface area contributed by atoms with Gasteiger partial charge >= 0.3 is 5.97 Å². The van der Waals surface area contributed by atoms with Crippen LogP contribution in [0.4, 0.5) is 5.69 Å². The lowest BCUT2D eigenvalue weighted by Crippen LogP contribution is -2.29. The van der Waals surface area contributed by atoms with Crippen LogP contribution in [0.1, 0.15) is 31.1 Å². The van der Waals surface area contributed by atoms with Crippen LogP contribution in [0.25, 0.3) is 0 Å². The fourth-order valence-electron chi connectivity index (χ4n) is 2.37. The van der Waals surface area contributed by atoms with Crippen molar-refractivity contribution in [3.05, 3.63) is 59.2 Å². The molecule has 0 aromatic heterocycles. The average Bonchev–Trinajstić information content (AvgIpc) is 2.79. The number of aromatic hydroxyl groups is 1. The van der Waals surface area contributed by atoms with Crippen LogP contribution in [0.3, 0.4) is 0 Å². The van der Waals surface area contributed by atoms with Gasteiger partial charge in [-0.3, -0.25) is 9.59 Å². The summed E-state index contributed by atoms with van der Waals surface area (Å²) in [5.41, 5.74) is 0.715. The number of phenols is 1. The number of ether oxygens (including phenoxy) is 1. The summed E-state index contributed by atoms with van der Waals surface area (Å²) in [6.45, 7) is 0. The second kappa shape index (κ2) is 5.00. The molecule has 0 saturated heterocycles. The Hall–Kier alpha value is -3.15. The molecule has 0 spiro atoms. The summed E-state index contributed by atoms with van der Waals surface area (Å²) in [6, 6.07) is 10.3. The first-order chi connectivity index (χ1) is 10.5. The Bertz CT molecular complexity index is 777. The van der Waals surface area contributed by atoms with Crippen LogP contribution in [0.5, 0.6) is 5.75 Å². The normalized spacial score (nSPS) is 13.2. The second-order valence-corrected chi connectivity index (χ2v) is 4.69. The third-order valence-electron chi connectivity index (χ3n) is 3.43. The number of imide groups is 1. The standard InChI is InChI=1S/C16H11NO5/c1-22-16(21)9-6-7-12(13(18)8-9)17-14(19)10-4-2-3-5-11(10)15(17)20/h2-8,18H,1H3. The minimum absolute atomic E-state index is 0.0267. The zero-order valence-corrected chi connectivity index (χ0v) is 11.6. The fraction of sp³-hybridized carbons (Fsp3) is 0.0625. The van der Waals surface area contributed by atoms with Gasteiger partial charge in [-0.2, -0.15) is 0 Å². The molecule has 0 atom stereocenters. The lowest BCUT2D eigenvalue weighted by Gasteiger charge is -2.15. The van der Waals surface area contributed by atoms with Crippen molar-refractivity contribution < 1.29 is 24.2 Å². The zero-order valence-electron chi connectivity index (χ0n) is 11.6. The number of carbonyl (C=O) groups is 3. The summed E-state index contributed by atoms with van der Waals surface area (Å²) in [5, 5.41) is 10.1. The van der Waals surface area contributed by atoms with E-state index in [1.165, 1.54) is 19.2 Å². The molecule has 2 aromatic carbocycles. The predicted molar refractivity (Wildman–Crippen MR) is 77.0 cm³/mol. The van der Waals surface area contributed by atoms with Gasteiger partial charge < -0.3 is 9.84 Å². The van der Waals surface area contributed by atoms with Crippen molar-refractivity contribution >= 4 is 23.5 Å². The SMILES string of the molecule is COC(=O)c1ccc(N2C(=O)c3ccccc3C2=O)c(O)c1. The van der Waals surface area contributed by atoms with E-state index in [0.717, 1.165) is 11.0 Å². The monoisotopic (exact) mass is 297 g/mol. The Morgan fingerprint density at radius 1 is 1.05 bits per heavy atom. The van der Waals surface area contributed by atoms with Crippen LogP contribution in [0.2, 0.25) is 0 Å². The summed E-state index contributed by atoms with van der Waals surface area (Å²) in [5.74, 6) is -2.00. The summed E-state index contributed by atoms with van der Waals surface area (Å²) >= 11 is 0. The number of anilines is 1. The van der Waals surface area contributed by atoms with Gasteiger partial charge in [-0.05, 0) is 30.3 Å². The predicted octanol–water partition coefficient (Wildman–Crippen LogP) is 1.98. The van der Waals surface area contributed by atoms with Crippen LogP contribution in [-0.4, -0.2) is 30.0 Å². The molecule has 1 aliphatic rings. The summed E-state index contributed by atoms with van der Waals surface area (Å²) < 4.78 is 4.55. The molecular weight excluding hydrogens is 286 g/mol. The highest BCUT2D eigenvalue weighted by Gasteiger charge is 2.37. The van der Waals surface area contributed by atoms with Gasteiger partial charge in [0.2, 0.25) is 0 Å². The molecule has 0 radical (unpaired) electrons. The number of amides is 2. The molecule has 1 aliphatic heterocycles. The lowest BCUT2D eigenvalue weighted by atomic mass is 10.1. The van der Waals surface area contributed by atoms with Gasteiger partial charge in [0.15, 0.2) is 0 Å². The number of fused-ring (bicyclic) bond motifs is 1. The molecule has 6 heteroatoms. The van der Waals surface area contributed by atoms with Crippen molar-refractivity contribution in [3.8, 4) is 5.75 Å². The Kier molecular flexibility index (Phi) is 3.14. The molecule has 0 bridgehead atoms. The Labute approximate surface area is 125 Å². The Balaban J connectivity index is 2.05. The Morgan fingerprint density at radius 3 is 2.14 bits per heavy atom. The third-order valence-corrected chi connectivity index (χ3v) is 3.43. The van der Waals surface area contributed by atoms with Crippen LogP contribution in [-0.2, 0) is 4.74 Å². The fourth-order valence-corrected chi connectivity index (χ4v) is 2.37. The van der Waals surface area contributed by atoms with Crippen LogP contribution in [0, 0.1) is 0 Å². The van der Waals surface area contributed by atoms with Gasteiger partial charge in [0, 0.05) is 0 Å². The van der Waals surface area contributed by atoms with E-state index in [-0.39, 0.29) is 28.1 Å². The molecule has 6 nitrogen and oxygen atoms in total. The van der Waals surface area contributed by atoms with Gasteiger partial charge in [0.05, 0.1) is 29.5 Å². The lowest BCUT2D eigenvalue weighted by molar-refractivity contribution is 0.0600. The molecule has 1 N–H and O–H groups in total. The number of benzene rings is 2. The van der Waals surface area contributed by atoms with Crippen molar-refractivity contribution in [3.63, 3.8) is 0 Å². The van der Waals surface area contributed by atoms with Crippen LogP contribution < -0.4 is 4.90 Å². The molecule has 0 aliphatic carbocycles. The first-order valence-corrected chi connectivity index (χ1v) is 6.43. The topological polar surface area (TPSA) is 83.9 Å². The molecule has 3 rings (SSSR count). The number of nitrogens with zero attached hydrogens (tertiary/aromatic N) is 1. The summed E-state index contributed by atoms with van der Waals surface area (Å²) in [7, 11) is 1.22. The summed E-state index contributed by atoms with van der Waals surface area (Å²) in [6.07, 6.45) is 0. The number of carbonyl (C=O) groups excluding carboxylic acids is 3. The molecule has 0 fully saturated rings. The van der Waals surface area contributed by atoms with Gasteiger partial charge in [-0.15, -0.1) is 0 Å². The van der Waals surface area contributed by atoms with E-state index in [9.17, 15) is 19.5 Å². The van der Waals surface area contributed by atoms with Crippen molar-refractivity contribution in [2.24, 2.45) is 0 Å². The molecule has 0 saturated carbocycles. The minimum Gasteiger partial charge on any atom is -0.506 e. The van der Waals surface area contributed by atoms with E-state index in [1.807, 2.05) is 0 Å². The van der Waals surface area contributed by atoms with Crippen LogP contribution >= 0.6 is 0 Å². The number of rotatable bonds is 2. The van der Waals surface area contributed by atoms with Gasteiger partial charge in [-0.25, -0.2) is 9.69 Å². The van der Waals surface area contributed by atoms with E-state index in [0.29, 0.717) is 0 Å². The molecule has 0 unspecified atom stereocenters. The molecule has 22 heavy (non-hydrogen) atoms. The number of phenolic OH excluding ortho intramolecular Hbond substituents is 1. The molecular formula is C16H11NO5. The zero-order chi connectivity index (χ0) is 15.9. The first-order valence-electron chi connectivity index (χ1n) is 6.43. The molecule has 1 heterocycles. The highest BCUT2D eigenvalue weighted by Crippen LogP contribution is 2.34. The first kappa shape index (κ1) is 13.8. The van der Waals surface area contributed by atoms with E-state index in [1.54, 1.807) is 24.3 Å². The Morgan fingerprint density at radius 2 is 1.64 bits per heavy atom. The van der Waals surface area contributed by atoms with Crippen molar-refractivity contribution in [2.45, 2.75) is 0 Å². The number of hydrogen-bond donors (Lipinski definition) is 1. The average molecular weight is 297 g/mol. The summed E-state index contributed by atoms with van der Waals surface area (Å²) in [4.78, 5) is 37.0. The maximum atomic E-state index is 12.3. The molecule has 110 valence electrons. The van der Waals surface area contributed by atoms with E-state index < -0.39 is 17.8 Å². The molecule has 2 aromatic rings. The minimum atomic E-state index is -0.621. The quantitative estimate of drug-likeness (QED) is 0.677. The van der Waals surface area contributed by atoms with E-state index in [2.05, 4.69) is 4.74 Å². The number of esters is 1. The van der Waals surface area contributed by atoms with Gasteiger partial charge in [-0.1, -0.05) is 12.1 Å². The molecule has 2 amide bonds. The maximum Gasteiger partial charge on any atom is 0.337 e. The number of hydrogen-bond acceptors (Lipinski definition) is 5. The van der Waals surface area contributed by atoms with Gasteiger partial charge in [0.1, 0.15) is 5.75 Å². The maximum absolute atomic E-state index is 12.3. The van der Waals surface area contributed by atoms with Crippen molar-refractivity contribution in [1.29, 1.82) is 0 Å². The second-order valence-electron chi connectivity index (χ2n) is 4.69. The third kappa shape index (κ3) is 1.93. The smallest absolute Gasteiger partial charge is 0.337 e. The largest absolute Gasteiger partial charge is 0.506 e. The van der Waals surface area contributed by atoms with E-state index >= 15 is 0 Å². The van der Waals surface area contributed by atoms with Crippen LogP contribution in [0.15, 0.2) is 42.5 Å².